The van der Waals surface area contributed by atoms with Gasteiger partial charge in [0.25, 0.3) is 13.3 Å². The predicted octanol–water partition coefficient (Wildman–Crippen LogP) is 2.72. The van der Waals surface area contributed by atoms with Crippen LogP contribution in [0.2, 0.25) is 5.02 Å². The summed E-state index contributed by atoms with van der Waals surface area (Å²) in [5, 5.41) is 4.85. The van der Waals surface area contributed by atoms with Gasteiger partial charge in [0.15, 0.2) is 0 Å². The van der Waals surface area contributed by atoms with Gasteiger partial charge in [-0.25, -0.2) is 0 Å². The highest BCUT2D eigenvalue weighted by atomic mass is 35.5. The van der Waals surface area contributed by atoms with E-state index in [9.17, 15) is 9.36 Å². The number of carbonyl (C=O) groups is 1. The number of hydrogen-bond donors (Lipinski definition) is 2. The van der Waals surface area contributed by atoms with Crippen LogP contribution in [0.1, 0.15) is 10.5 Å². The molecule has 0 saturated carbocycles. The van der Waals surface area contributed by atoms with Crippen LogP contribution >= 0.6 is 19.0 Å². The second kappa shape index (κ2) is 8.92. The van der Waals surface area contributed by atoms with Gasteiger partial charge < -0.3 is 19.6 Å². The summed E-state index contributed by atoms with van der Waals surface area (Å²) in [6.45, 7) is 3.14. The highest BCUT2D eigenvalue weighted by Crippen LogP contribution is 2.47. The summed E-state index contributed by atoms with van der Waals surface area (Å²) >= 11 is 6.22. The van der Waals surface area contributed by atoms with Gasteiger partial charge in [-0.2, -0.15) is 0 Å². The Morgan fingerprint density at radius 3 is 2.67 bits per heavy atom. The molecule has 4 rings (SSSR count). The molecule has 1 amide bonds. The standard InChI is InChI=1S/C21H23ClN3O4P/c1-28-30(27,16-5-3-2-4-6-16)20-17-13-15(22)7-8-18(17)24-19(20)21(26)23-14-25-9-11-29-12-10-25/h2-8,13,24H,9-12,14H2,1H3,(H,23,26)/t30-/m0/s1. The van der Waals surface area contributed by atoms with Crippen LogP contribution in [0.4, 0.5) is 0 Å². The number of aromatic amines is 1. The maximum Gasteiger partial charge on any atom is 0.269 e. The molecule has 1 atom stereocenters. The van der Waals surface area contributed by atoms with Gasteiger partial charge in [-0.15, -0.1) is 0 Å². The van der Waals surface area contributed by atoms with Crippen LogP contribution < -0.4 is 15.9 Å². The van der Waals surface area contributed by atoms with Crippen LogP contribution in [0, 0.1) is 0 Å². The van der Waals surface area contributed by atoms with Gasteiger partial charge in [0.2, 0.25) is 0 Å². The molecule has 1 aliphatic heterocycles. The van der Waals surface area contributed by atoms with Crippen molar-refractivity contribution in [2.45, 2.75) is 0 Å². The minimum Gasteiger partial charge on any atom is -0.379 e. The second-order valence-electron chi connectivity index (χ2n) is 7.00. The largest absolute Gasteiger partial charge is 0.379 e. The molecule has 1 aromatic heterocycles. The van der Waals surface area contributed by atoms with Crippen LogP contribution in [0.5, 0.6) is 0 Å². The summed E-state index contributed by atoms with van der Waals surface area (Å²) in [6.07, 6.45) is 0. The molecule has 1 fully saturated rings. The second-order valence-corrected chi connectivity index (χ2v) is 9.87. The number of amides is 1. The van der Waals surface area contributed by atoms with Gasteiger partial charge >= 0.3 is 0 Å². The number of benzene rings is 2. The van der Waals surface area contributed by atoms with E-state index in [-0.39, 0.29) is 11.6 Å². The smallest absolute Gasteiger partial charge is 0.269 e. The van der Waals surface area contributed by atoms with Crippen molar-refractivity contribution >= 4 is 46.4 Å². The Bertz CT molecular complexity index is 1100. The first-order chi connectivity index (χ1) is 14.5. The Morgan fingerprint density at radius 2 is 1.97 bits per heavy atom. The number of halogens is 1. The fourth-order valence-corrected chi connectivity index (χ4v) is 5.94. The van der Waals surface area contributed by atoms with E-state index in [0.29, 0.717) is 46.4 Å². The molecule has 0 aliphatic carbocycles. The molecule has 7 nitrogen and oxygen atoms in total. The maximum absolute atomic E-state index is 14.1. The molecule has 2 aromatic carbocycles. The Hall–Kier alpha value is -2.15. The number of carbonyl (C=O) groups excluding carboxylic acids is 1. The number of morpholine rings is 1. The van der Waals surface area contributed by atoms with Crippen molar-refractivity contribution in [2.75, 3.05) is 40.1 Å². The van der Waals surface area contributed by atoms with Crippen LogP contribution in [-0.4, -0.2) is 55.9 Å². The first-order valence-electron chi connectivity index (χ1n) is 9.64. The van der Waals surface area contributed by atoms with Crippen molar-refractivity contribution < 1.29 is 18.6 Å². The Kier molecular flexibility index (Phi) is 6.27. The fraction of sp³-hybridized carbons (Fsp3) is 0.286. The molecule has 2 N–H and O–H groups in total. The molecule has 0 unspecified atom stereocenters. The van der Waals surface area contributed by atoms with Crippen LogP contribution in [0.15, 0.2) is 48.5 Å². The van der Waals surface area contributed by atoms with E-state index in [1.807, 2.05) is 6.07 Å². The van der Waals surface area contributed by atoms with E-state index >= 15 is 0 Å². The summed E-state index contributed by atoms with van der Waals surface area (Å²) in [4.78, 5) is 18.4. The Morgan fingerprint density at radius 1 is 1.23 bits per heavy atom. The summed E-state index contributed by atoms with van der Waals surface area (Å²) in [6, 6.07) is 14.1. The number of hydrogen-bond acceptors (Lipinski definition) is 5. The molecule has 158 valence electrons. The topological polar surface area (TPSA) is 83.7 Å². The molecule has 30 heavy (non-hydrogen) atoms. The zero-order valence-corrected chi connectivity index (χ0v) is 18.2. The number of rotatable bonds is 6. The van der Waals surface area contributed by atoms with Crippen molar-refractivity contribution in [2.24, 2.45) is 0 Å². The van der Waals surface area contributed by atoms with Crippen molar-refractivity contribution in [3.05, 3.63) is 59.2 Å². The monoisotopic (exact) mass is 447 g/mol. The SMILES string of the molecule is CO[P@@](=O)(c1ccccc1)c1c(C(=O)NCN2CCOCC2)[nH]c2ccc(Cl)cc12. The highest BCUT2D eigenvalue weighted by Gasteiger charge is 2.36. The van der Waals surface area contributed by atoms with Gasteiger partial charge in [0.05, 0.1) is 25.2 Å². The van der Waals surface area contributed by atoms with Crippen molar-refractivity contribution in [3.8, 4) is 0 Å². The predicted molar refractivity (Wildman–Crippen MR) is 118 cm³/mol. The molecule has 0 bridgehead atoms. The average molecular weight is 448 g/mol. The van der Waals surface area contributed by atoms with Crippen LogP contribution in [-0.2, 0) is 13.8 Å². The lowest BCUT2D eigenvalue weighted by Crippen LogP contribution is -2.44. The van der Waals surface area contributed by atoms with E-state index in [4.69, 9.17) is 20.9 Å². The molecule has 2 heterocycles. The van der Waals surface area contributed by atoms with Gasteiger partial charge in [0.1, 0.15) is 5.69 Å². The molecule has 1 aliphatic rings. The lowest BCUT2D eigenvalue weighted by molar-refractivity contribution is 0.0334. The normalized spacial score (nSPS) is 17.0. The van der Waals surface area contributed by atoms with Gasteiger partial charge in [0, 0.05) is 41.4 Å². The summed E-state index contributed by atoms with van der Waals surface area (Å²) < 4.78 is 25.0. The Labute approximate surface area is 179 Å². The van der Waals surface area contributed by atoms with E-state index in [1.165, 1.54) is 7.11 Å². The van der Waals surface area contributed by atoms with E-state index in [1.54, 1.807) is 42.5 Å². The molecule has 0 spiro atoms. The Balaban J connectivity index is 1.78. The summed E-state index contributed by atoms with van der Waals surface area (Å²) in [7, 11) is -2.16. The first-order valence-corrected chi connectivity index (χ1v) is 11.6. The van der Waals surface area contributed by atoms with Crippen molar-refractivity contribution in [1.29, 1.82) is 0 Å². The third-order valence-corrected chi connectivity index (χ3v) is 7.96. The minimum atomic E-state index is -3.55. The molecule has 3 aromatic rings. The third-order valence-electron chi connectivity index (χ3n) is 5.17. The van der Waals surface area contributed by atoms with Crippen LogP contribution in [0.25, 0.3) is 10.9 Å². The average Bonchev–Trinajstić information content (AvgIpc) is 3.17. The summed E-state index contributed by atoms with van der Waals surface area (Å²) in [5.74, 6) is -0.350. The first kappa shape index (κ1) is 21.1. The van der Waals surface area contributed by atoms with E-state index in [2.05, 4.69) is 15.2 Å². The number of H-pyrrole nitrogens is 1. The molecule has 0 radical (unpaired) electrons. The molecular formula is C21H23ClN3O4P. The van der Waals surface area contributed by atoms with Crippen molar-refractivity contribution in [1.82, 2.24) is 15.2 Å². The number of fused-ring (bicyclic) bond motifs is 1. The highest BCUT2D eigenvalue weighted by molar-refractivity contribution is 7.75. The minimum absolute atomic E-state index is 0.217. The number of aromatic nitrogens is 1. The van der Waals surface area contributed by atoms with Gasteiger partial charge in [-0.1, -0.05) is 29.8 Å². The van der Waals surface area contributed by atoms with E-state index in [0.717, 1.165) is 13.1 Å². The zero-order chi connectivity index (χ0) is 21.1. The number of nitrogens with zero attached hydrogens (tertiary/aromatic N) is 1. The number of nitrogens with one attached hydrogen (secondary N) is 2. The summed E-state index contributed by atoms with van der Waals surface area (Å²) in [5.41, 5.74) is 0.883. The lowest BCUT2D eigenvalue weighted by Gasteiger charge is -2.26. The van der Waals surface area contributed by atoms with Crippen molar-refractivity contribution in [3.63, 3.8) is 0 Å². The third kappa shape index (κ3) is 4.04. The lowest BCUT2D eigenvalue weighted by atomic mass is 10.2. The van der Waals surface area contributed by atoms with E-state index < -0.39 is 7.37 Å². The van der Waals surface area contributed by atoms with Gasteiger partial charge in [-0.3, -0.25) is 14.3 Å². The molecular weight excluding hydrogens is 425 g/mol. The maximum atomic E-state index is 14.1. The molecule has 9 heteroatoms. The molecule has 1 saturated heterocycles. The van der Waals surface area contributed by atoms with Crippen LogP contribution in [0.3, 0.4) is 0 Å². The zero-order valence-electron chi connectivity index (χ0n) is 16.6. The fourth-order valence-electron chi connectivity index (χ4n) is 3.60. The quantitative estimate of drug-likeness (QED) is 0.568. The van der Waals surface area contributed by atoms with Gasteiger partial charge in [-0.05, 0) is 30.3 Å². The number of ether oxygens (including phenoxy) is 1.